The summed E-state index contributed by atoms with van der Waals surface area (Å²) in [6.45, 7) is 3.64. The molecule has 20 heavy (non-hydrogen) atoms. The molecule has 0 aromatic heterocycles. The van der Waals surface area contributed by atoms with Crippen LogP contribution in [-0.4, -0.2) is 37.3 Å². The molecule has 0 atom stereocenters. The van der Waals surface area contributed by atoms with Crippen molar-refractivity contribution in [2.75, 3.05) is 13.3 Å². The normalized spacial score (nSPS) is 12.2. The van der Waals surface area contributed by atoms with Gasteiger partial charge in [-0.2, -0.15) is 0 Å². The fourth-order valence-corrected chi connectivity index (χ4v) is 2.29. The molecule has 1 aromatic carbocycles. The highest BCUT2D eigenvalue weighted by Crippen LogP contribution is 2.19. The van der Waals surface area contributed by atoms with Crippen molar-refractivity contribution in [3.05, 3.63) is 35.4 Å². The lowest BCUT2D eigenvalue weighted by atomic mass is 10.1. The predicted octanol–water partition coefficient (Wildman–Crippen LogP) is 0.927. The van der Waals surface area contributed by atoms with E-state index in [1.807, 2.05) is 24.3 Å². The average molecular weight is 298 g/mol. The summed E-state index contributed by atoms with van der Waals surface area (Å²) >= 11 is 0. The molecule has 0 spiro atoms. The third-order valence-corrected chi connectivity index (χ3v) is 5.46. The maximum Gasteiger partial charge on any atom is 0.243 e. The molecule has 2 N–H and O–H groups in total. The smallest absolute Gasteiger partial charge is 0.243 e. The van der Waals surface area contributed by atoms with Crippen LogP contribution in [0.1, 0.15) is 25.0 Å². The Labute approximate surface area is 120 Å². The standard InChI is InChI=1S/C14H22N2O3S/c1-14(2,20(4,18)19)13(17)16(3)10-12-7-5-6-11(8-12)9-15/h5-8H,9-10,15H2,1-4H3. The van der Waals surface area contributed by atoms with E-state index in [1.165, 1.54) is 18.7 Å². The van der Waals surface area contributed by atoms with Crippen LogP contribution in [0.2, 0.25) is 0 Å². The number of hydrogen-bond donors (Lipinski definition) is 1. The van der Waals surface area contributed by atoms with E-state index in [9.17, 15) is 13.2 Å². The third-order valence-electron chi connectivity index (χ3n) is 3.44. The van der Waals surface area contributed by atoms with Crippen LogP contribution in [0.4, 0.5) is 0 Å². The van der Waals surface area contributed by atoms with Crippen LogP contribution < -0.4 is 5.73 Å². The zero-order valence-corrected chi connectivity index (χ0v) is 13.2. The van der Waals surface area contributed by atoms with Gasteiger partial charge in [0.25, 0.3) is 0 Å². The summed E-state index contributed by atoms with van der Waals surface area (Å²) in [6, 6.07) is 7.58. The SMILES string of the molecule is CN(Cc1cccc(CN)c1)C(=O)C(C)(C)S(C)(=O)=O. The van der Waals surface area contributed by atoms with Crippen molar-refractivity contribution in [1.82, 2.24) is 4.90 Å². The zero-order valence-electron chi connectivity index (χ0n) is 12.4. The monoisotopic (exact) mass is 298 g/mol. The molecule has 112 valence electrons. The lowest BCUT2D eigenvalue weighted by Crippen LogP contribution is -2.47. The molecule has 0 bridgehead atoms. The fraction of sp³-hybridized carbons (Fsp3) is 0.500. The third kappa shape index (κ3) is 3.58. The molecule has 1 rings (SSSR count). The van der Waals surface area contributed by atoms with Crippen molar-refractivity contribution in [1.29, 1.82) is 0 Å². The van der Waals surface area contributed by atoms with E-state index >= 15 is 0 Å². The van der Waals surface area contributed by atoms with Gasteiger partial charge in [-0.25, -0.2) is 8.42 Å². The van der Waals surface area contributed by atoms with Gasteiger partial charge in [-0.3, -0.25) is 4.79 Å². The van der Waals surface area contributed by atoms with Crippen LogP contribution in [0, 0.1) is 0 Å². The van der Waals surface area contributed by atoms with Gasteiger partial charge in [0.1, 0.15) is 4.75 Å². The summed E-state index contributed by atoms with van der Waals surface area (Å²) in [6.07, 6.45) is 1.08. The topological polar surface area (TPSA) is 80.5 Å². The molecule has 0 saturated carbocycles. The number of rotatable bonds is 5. The van der Waals surface area contributed by atoms with Gasteiger partial charge < -0.3 is 10.6 Å². The molecule has 0 saturated heterocycles. The highest BCUT2D eigenvalue weighted by molar-refractivity contribution is 7.92. The number of nitrogens with two attached hydrogens (primary N) is 1. The average Bonchev–Trinajstić information content (AvgIpc) is 2.36. The Bertz CT molecular complexity index is 594. The molecule has 0 radical (unpaired) electrons. The zero-order chi connectivity index (χ0) is 15.6. The molecule has 0 aliphatic heterocycles. The minimum atomic E-state index is -3.46. The van der Waals surface area contributed by atoms with Crippen LogP contribution >= 0.6 is 0 Å². The first-order valence-electron chi connectivity index (χ1n) is 6.32. The molecule has 0 aliphatic carbocycles. The molecule has 0 unspecified atom stereocenters. The lowest BCUT2D eigenvalue weighted by molar-refractivity contribution is -0.132. The van der Waals surface area contributed by atoms with E-state index in [1.54, 1.807) is 7.05 Å². The number of carbonyl (C=O) groups excluding carboxylic acids is 1. The van der Waals surface area contributed by atoms with Gasteiger partial charge >= 0.3 is 0 Å². The van der Waals surface area contributed by atoms with Gasteiger partial charge in [-0.05, 0) is 25.0 Å². The summed E-state index contributed by atoms with van der Waals surface area (Å²) in [5.41, 5.74) is 7.48. The van der Waals surface area contributed by atoms with Crippen molar-refractivity contribution in [3.8, 4) is 0 Å². The molecular formula is C14H22N2O3S. The van der Waals surface area contributed by atoms with E-state index in [-0.39, 0.29) is 0 Å². The highest BCUT2D eigenvalue weighted by Gasteiger charge is 2.40. The quantitative estimate of drug-likeness (QED) is 0.877. The second-order valence-electron chi connectivity index (χ2n) is 5.47. The Hall–Kier alpha value is -1.40. The highest BCUT2D eigenvalue weighted by atomic mass is 32.2. The predicted molar refractivity (Wildman–Crippen MR) is 79.7 cm³/mol. The number of sulfone groups is 1. The summed E-state index contributed by atoms with van der Waals surface area (Å²) in [4.78, 5) is 13.7. The van der Waals surface area contributed by atoms with Gasteiger partial charge in [0, 0.05) is 26.4 Å². The van der Waals surface area contributed by atoms with E-state index in [4.69, 9.17) is 5.73 Å². The van der Waals surface area contributed by atoms with E-state index in [0.29, 0.717) is 13.1 Å². The van der Waals surface area contributed by atoms with Crippen LogP contribution in [0.3, 0.4) is 0 Å². The number of amides is 1. The summed E-state index contributed by atoms with van der Waals surface area (Å²) in [7, 11) is -1.86. The van der Waals surface area contributed by atoms with Gasteiger partial charge in [0.2, 0.25) is 5.91 Å². The van der Waals surface area contributed by atoms with Crippen LogP contribution in [0.5, 0.6) is 0 Å². The van der Waals surface area contributed by atoms with Gasteiger partial charge in [0.05, 0.1) is 0 Å². The van der Waals surface area contributed by atoms with E-state index in [0.717, 1.165) is 17.4 Å². The number of benzene rings is 1. The number of nitrogens with zero attached hydrogens (tertiary/aromatic N) is 1. The molecule has 0 aliphatic rings. The molecular weight excluding hydrogens is 276 g/mol. The second kappa shape index (κ2) is 5.93. The Morgan fingerprint density at radius 2 is 1.85 bits per heavy atom. The van der Waals surface area contributed by atoms with Gasteiger partial charge in [-0.1, -0.05) is 24.3 Å². The molecule has 1 aromatic rings. The second-order valence-corrected chi connectivity index (χ2v) is 8.03. The van der Waals surface area contributed by atoms with Gasteiger partial charge in [0.15, 0.2) is 9.84 Å². The maximum absolute atomic E-state index is 12.3. The Balaban J connectivity index is 2.91. The first-order valence-corrected chi connectivity index (χ1v) is 8.22. The Kier molecular flexibility index (Phi) is 4.94. The van der Waals surface area contributed by atoms with E-state index in [2.05, 4.69) is 0 Å². The van der Waals surface area contributed by atoms with Crippen molar-refractivity contribution in [2.45, 2.75) is 31.7 Å². The number of carbonyl (C=O) groups is 1. The fourth-order valence-electron chi connectivity index (χ4n) is 1.82. The minimum Gasteiger partial charge on any atom is -0.340 e. The van der Waals surface area contributed by atoms with Crippen LogP contribution in [-0.2, 0) is 27.7 Å². The van der Waals surface area contributed by atoms with Crippen LogP contribution in [0.25, 0.3) is 0 Å². The summed E-state index contributed by atoms with van der Waals surface area (Å²) in [5, 5.41) is 0. The number of hydrogen-bond acceptors (Lipinski definition) is 4. The van der Waals surface area contributed by atoms with E-state index < -0.39 is 20.5 Å². The Morgan fingerprint density at radius 1 is 1.30 bits per heavy atom. The first-order chi connectivity index (χ1) is 9.09. The van der Waals surface area contributed by atoms with Crippen molar-refractivity contribution in [3.63, 3.8) is 0 Å². The van der Waals surface area contributed by atoms with Crippen molar-refractivity contribution >= 4 is 15.7 Å². The first kappa shape index (κ1) is 16.7. The molecule has 0 heterocycles. The molecule has 1 amide bonds. The minimum absolute atomic E-state index is 0.353. The van der Waals surface area contributed by atoms with Crippen LogP contribution in [0.15, 0.2) is 24.3 Å². The van der Waals surface area contributed by atoms with Crippen molar-refractivity contribution < 1.29 is 13.2 Å². The Morgan fingerprint density at radius 3 is 2.35 bits per heavy atom. The van der Waals surface area contributed by atoms with Crippen molar-refractivity contribution in [2.24, 2.45) is 5.73 Å². The lowest BCUT2D eigenvalue weighted by Gasteiger charge is -2.28. The summed E-state index contributed by atoms with van der Waals surface area (Å²) < 4.78 is 22.0. The van der Waals surface area contributed by atoms with Gasteiger partial charge in [-0.15, -0.1) is 0 Å². The largest absolute Gasteiger partial charge is 0.340 e. The molecule has 6 heteroatoms. The molecule has 5 nitrogen and oxygen atoms in total. The molecule has 0 fully saturated rings. The maximum atomic E-state index is 12.3. The summed E-state index contributed by atoms with van der Waals surface area (Å²) in [5.74, 6) is -0.418.